The van der Waals surface area contributed by atoms with Crippen molar-refractivity contribution in [2.45, 2.75) is 10.9 Å². The number of para-hydroxylation sites is 2. The summed E-state index contributed by atoms with van der Waals surface area (Å²) in [5.41, 5.74) is 2.55. The maximum Gasteiger partial charge on any atom is 0.347 e. The van der Waals surface area contributed by atoms with Gasteiger partial charge in [-0.05, 0) is 12.1 Å². The van der Waals surface area contributed by atoms with Crippen LogP contribution in [0, 0.1) is 0 Å². The fourth-order valence-corrected chi connectivity index (χ4v) is 3.75. The standard InChI is InChI=1S/C16H17N3O3S/c1-19-13-7-5-4-6-11(13)18-16(19)23(20)10-12-15(22-3)14(21-2)8-9-17-12/h4-9H,10H2,1-3H3/p+1. The number of nitrogens with zero attached hydrogens (tertiary/aromatic N) is 2. The Morgan fingerprint density at radius 2 is 2.00 bits per heavy atom. The molecule has 23 heavy (non-hydrogen) atoms. The number of ether oxygens (including phenoxy) is 2. The Balaban J connectivity index is 1.97. The Labute approximate surface area is 136 Å². The molecule has 0 aliphatic heterocycles. The first-order valence-electron chi connectivity index (χ1n) is 7.06. The molecule has 0 saturated heterocycles. The first kappa shape index (κ1) is 15.5. The molecule has 2 heterocycles. The molecular weight excluding hydrogens is 314 g/mol. The molecule has 1 aromatic carbocycles. The highest BCUT2D eigenvalue weighted by Crippen LogP contribution is 2.30. The summed E-state index contributed by atoms with van der Waals surface area (Å²) in [5, 5.41) is 0.637. The van der Waals surface area contributed by atoms with E-state index in [9.17, 15) is 4.21 Å². The number of aryl methyl sites for hydroxylation is 1. The number of fused-ring (bicyclic) bond motifs is 1. The minimum absolute atomic E-state index is 0.237. The summed E-state index contributed by atoms with van der Waals surface area (Å²) in [6.07, 6.45) is 1.62. The molecule has 0 radical (unpaired) electrons. The fourth-order valence-electron chi connectivity index (χ4n) is 2.54. The van der Waals surface area contributed by atoms with E-state index in [1.165, 1.54) is 0 Å². The van der Waals surface area contributed by atoms with Gasteiger partial charge in [0.15, 0.2) is 22.5 Å². The summed E-state index contributed by atoms with van der Waals surface area (Å²) in [6, 6.07) is 9.55. The van der Waals surface area contributed by atoms with Gasteiger partial charge in [-0.15, -0.1) is 0 Å². The molecule has 3 rings (SSSR count). The molecule has 0 spiro atoms. The van der Waals surface area contributed by atoms with Crippen molar-refractivity contribution < 1.29 is 18.2 Å². The second-order valence-electron chi connectivity index (χ2n) is 4.99. The molecule has 2 aromatic heterocycles. The van der Waals surface area contributed by atoms with Crippen LogP contribution in [0.2, 0.25) is 0 Å². The third kappa shape index (κ3) is 2.79. The van der Waals surface area contributed by atoms with Crippen LogP contribution >= 0.6 is 0 Å². The lowest BCUT2D eigenvalue weighted by molar-refractivity contribution is -0.684. The van der Waals surface area contributed by atoms with Crippen LogP contribution in [-0.2, 0) is 23.6 Å². The second-order valence-corrected chi connectivity index (χ2v) is 6.36. The SMILES string of the molecule is COc1ccnc(CS(=O)c2[nH]c3ccccc3[n+]2C)c1OC. The highest BCUT2D eigenvalue weighted by atomic mass is 32.2. The molecule has 7 heteroatoms. The molecular formula is C16H18N3O3S+. The van der Waals surface area contributed by atoms with Crippen LogP contribution in [0.5, 0.6) is 11.5 Å². The molecule has 0 fully saturated rings. The van der Waals surface area contributed by atoms with Crippen LogP contribution in [0.4, 0.5) is 0 Å². The van der Waals surface area contributed by atoms with Crippen LogP contribution < -0.4 is 14.0 Å². The number of H-pyrrole nitrogens is 1. The van der Waals surface area contributed by atoms with E-state index in [0.717, 1.165) is 11.0 Å². The van der Waals surface area contributed by atoms with Crippen molar-refractivity contribution >= 4 is 21.8 Å². The van der Waals surface area contributed by atoms with E-state index in [-0.39, 0.29) is 5.75 Å². The van der Waals surface area contributed by atoms with Crippen molar-refractivity contribution in [3.05, 3.63) is 42.2 Å². The zero-order valence-corrected chi connectivity index (χ0v) is 14.0. The van der Waals surface area contributed by atoms with Crippen molar-refractivity contribution in [1.29, 1.82) is 0 Å². The molecule has 1 N–H and O–H groups in total. The van der Waals surface area contributed by atoms with Gasteiger partial charge in [0.1, 0.15) is 10.8 Å². The molecule has 0 bridgehead atoms. The minimum atomic E-state index is -1.29. The number of hydrogen-bond donors (Lipinski definition) is 1. The molecule has 0 saturated carbocycles. The van der Waals surface area contributed by atoms with Crippen molar-refractivity contribution in [2.24, 2.45) is 7.05 Å². The highest BCUT2D eigenvalue weighted by Gasteiger charge is 2.23. The van der Waals surface area contributed by atoms with Gasteiger partial charge in [-0.1, -0.05) is 12.1 Å². The molecule has 3 aromatic rings. The number of benzene rings is 1. The zero-order chi connectivity index (χ0) is 16.4. The Kier molecular flexibility index (Phi) is 4.29. The Morgan fingerprint density at radius 1 is 1.22 bits per heavy atom. The van der Waals surface area contributed by atoms with Crippen LogP contribution in [0.3, 0.4) is 0 Å². The van der Waals surface area contributed by atoms with Crippen LogP contribution in [-0.4, -0.2) is 28.4 Å². The van der Waals surface area contributed by atoms with Gasteiger partial charge in [-0.2, -0.15) is 0 Å². The van der Waals surface area contributed by atoms with E-state index in [0.29, 0.717) is 22.3 Å². The van der Waals surface area contributed by atoms with E-state index in [2.05, 4.69) is 9.97 Å². The number of pyridine rings is 1. The average Bonchev–Trinajstić information content (AvgIpc) is 2.92. The fraction of sp³-hybridized carbons (Fsp3) is 0.250. The first-order chi connectivity index (χ1) is 11.2. The van der Waals surface area contributed by atoms with Crippen molar-refractivity contribution in [3.63, 3.8) is 0 Å². The van der Waals surface area contributed by atoms with Crippen LogP contribution in [0.25, 0.3) is 11.0 Å². The molecule has 0 aliphatic carbocycles. The predicted molar refractivity (Wildman–Crippen MR) is 86.9 cm³/mol. The predicted octanol–water partition coefficient (Wildman–Crippen LogP) is 1.71. The van der Waals surface area contributed by atoms with Gasteiger partial charge in [0.05, 0.1) is 32.7 Å². The smallest absolute Gasteiger partial charge is 0.347 e. The Hall–Kier alpha value is -2.41. The van der Waals surface area contributed by atoms with E-state index in [4.69, 9.17) is 9.47 Å². The quantitative estimate of drug-likeness (QED) is 0.722. The largest absolute Gasteiger partial charge is 0.493 e. The van der Waals surface area contributed by atoms with E-state index in [1.807, 2.05) is 35.9 Å². The lowest BCUT2D eigenvalue weighted by Crippen LogP contribution is -2.32. The summed E-state index contributed by atoms with van der Waals surface area (Å²) in [5.74, 6) is 1.33. The van der Waals surface area contributed by atoms with Gasteiger partial charge in [-0.3, -0.25) is 4.98 Å². The Morgan fingerprint density at radius 3 is 2.70 bits per heavy atom. The number of methoxy groups -OCH3 is 2. The molecule has 1 atom stereocenters. The second kappa shape index (κ2) is 6.37. The molecule has 0 amide bonds. The summed E-state index contributed by atoms with van der Waals surface area (Å²) < 4.78 is 25.3. The number of imidazole rings is 1. The summed E-state index contributed by atoms with van der Waals surface area (Å²) in [4.78, 5) is 7.50. The first-order valence-corrected chi connectivity index (χ1v) is 8.38. The van der Waals surface area contributed by atoms with Gasteiger partial charge >= 0.3 is 5.16 Å². The van der Waals surface area contributed by atoms with Crippen molar-refractivity contribution in [1.82, 2.24) is 9.97 Å². The van der Waals surface area contributed by atoms with Gasteiger partial charge in [0.2, 0.25) is 0 Å². The number of aromatic amines is 1. The number of hydrogen-bond acceptors (Lipinski definition) is 4. The Bertz CT molecular complexity index is 876. The number of nitrogens with one attached hydrogen (secondary N) is 1. The third-order valence-corrected chi connectivity index (χ3v) is 5.00. The van der Waals surface area contributed by atoms with Gasteiger partial charge in [-0.25, -0.2) is 13.8 Å². The normalized spacial score (nSPS) is 12.3. The topological polar surface area (TPSA) is 68.1 Å². The molecule has 0 aliphatic rings. The summed E-state index contributed by atoms with van der Waals surface area (Å²) in [7, 11) is 3.72. The molecule has 1 unspecified atom stereocenters. The molecule has 120 valence electrons. The average molecular weight is 332 g/mol. The lowest BCUT2D eigenvalue weighted by Gasteiger charge is -2.10. The van der Waals surface area contributed by atoms with Gasteiger partial charge < -0.3 is 9.47 Å². The lowest BCUT2D eigenvalue weighted by atomic mass is 10.3. The number of aromatic nitrogens is 3. The van der Waals surface area contributed by atoms with Crippen molar-refractivity contribution in [3.8, 4) is 11.5 Å². The van der Waals surface area contributed by atoms with E-state index in [1.54, 1.807) is 26.5 Å². The third-order valence-electron chi connectivity index (χ3n) is 3.66. The van der Waals surface area contributed by atoms with Gasteiger partial charge in [0.25, 0.3) is 0 Å². The van der Waals surface area contributed by atoms with Crippen LogP contribution in [0.15, 0.2) is 41.7 Å². The van der Waals surface area contributed by atoms with Crippen LogP contribution in [0.1, 0.15) is 5.69 Å². The number of rotatable bonds is 5. The highest BCUT2D eigenvalue weighted by molar-refractivity contribution is 7.83. The summed E-state index contributed by atoms with van der Waals surface area (Å²) in [6.45, 7) is 0. The zero-order valence-electron chi connectivity index (χ0n) is 13.2. The van der Waals surface area contributed by atoms with Gasteiger partial charge in [0, 0.05) is 12.3 Å². The van der Waals surface area contributed by atoms with E-state index < -0.39 is 10.8 Å². The maximum absolute atomic E-state index is 12.8. The van der Waals surface area contributed by atoms with E-state index >= 15 is 0 Å². The maximum atomic E-state index is 12.8. The molecule has 6 nitrogen and oxygen atoms in total. The monoisotopic (exact) mass is 332 g/mol. The van der Waals surface area contributed by atoms with Crippen molar-refractivity contribution in [2.75, 3.05) is 14.2 Å². The summed E-state index contributed by atoms with van der Waals surface area (Å²) >= 11 is 0. The minimum Gasteiger partial charge on any atom is -0.493 e.